The first kappa shape index (κ1) is 14.1. The topological polar surface area (TPSA) is 36.3 Å². The molecule has 0 unspecified atom stereocenters. The molecule has 1 saturated heterocycles. The van der Waals surface area contributed by atoms with Crippen molar-refractivity contribution in [1.82, 2.24) is 4.90 Å². The molecule has 0 aromatic heterocycles. The predicted molar refractivity (Wildman–Crippen MR) is 72.6 cm³/mol. The maximum absolute atomic E-state index is 9.02. The van der Waals surface area contributed by atoms with E-state index in [9.17, 15) is 0 Å². The lowest BCUT2D eigenvalue weighted by atomic mass is 10.3. The average molecular weight is 252 g/mol. The minimum absolute atomic E-state index is 0.0777. The molecule has 0 aliphatic carbocycles. The minimum atomic E-state index is 0.0777. The predicted octanol–water partition coefficient (Wildman–Crippen LogP) is 2.77. The van der Waals surface area contributed by atoms with Crippen LogP contribution < -0.4 is 0 Å². The van der Waals surface area contributed by atoms with Crippen LogP contribution in [0, 0.1) is 11.3 Å². The Morgan fingerprint density at radius 1 is 1.35 bits per heavy atom. The van der Waals surface area contributed by atoms with Crippen LogP contribution in [0.5, 0.6) is 0 Å². The summed E-state index contributed by atoms with van der Waals surface area (Å²) in [5.74, 6) is 0. The molecule has 17 heavy (non-hydrogen) atoms. The van der Waals surface area contributed by atoms with Crippen molar-refractivity contribution in [3.8, 4) is 6.07 Å². The summed E-state index contributed by atoms with van der Waals surface area (Å²) in [6.45, 7) is 9.75. The maximum atomic E-state index is 9.02. The molecule has 1 fully saturated rings. The molecule has 0 amide bonds. The number of morpholine rings is 1. The highest BCUT2D eigenvalue weighted by molar-refractivity contribution is 8.04. The molecule has 0 radical (unpaired) electrons. The van der Waals surface area contributed by atoms with Gasteiger partial charge in [0.05, 0.1) is 18.1 Å². The molecule has 1 aliphatic heterocycles. The Kier molecular flexibility index (Phi) is 5.60. The zero-order chi connectivity index (χ0) is 12.7. The molecule has 0 N–H and O–H groups in total. The van der Waals surface area contributed by atoms with Gasteiger partial charge in [0, 0.05) is 17.8 Å². The van der Waals surface area contributed by atoms with Crippen LogP contribution in [0.25, 0.3) is 0 Å². The second-order valence-electron chi connectivity index (χ2n) is 4.85. The van der Waals surface area contributed by atoms with Gasteiger partial charge in [-0.25, -0.2) is 0 Å². The van der Waals surface area contributed by atoms with E-state index in [2.05, 4.69) is 31.7 Å². The molecule has 1 aliphatic rings. The third kappa shape index (κ3) is 6.40. The highest BCUT2D eigenvalue weighted by atomic mass is 32.2. The highest BCUT2D eigenvalue weighted by Crippen LogP contribution is 2.30. The van der Waals surface area contributed by atoms with Crippen molar-refractivity contribution >= 4 is 11.8 Å². The van der Waals surface area contributed by atoms with Gasteiger partial charge in [0.1, 0.15) is 6.07 Å². The third-order valence-electron chi connectivity index (χ3n) is 2.12. The fraction of sp³-hybridized carbons (Fsp3) is 0.615. The van der Waals surface area contributed by atoms with E-state index in [1.165, 1.54) is 0 Å². The number of hydrogen-bond donors (Lipinski definition) is 0. The summed E-state index contributed by atoms with van der Waals surface area (Å²) in [7, 11) is 0. The molecule has 1 rings (SSSR count). The number of ether oxygens (including phenoxy) is 1. The van der Waals surface area contributed by atoms with Gasteiger partial charge in [-0.3, -0.25) is 0 Å². The van der Waals surface area contributed by atoms with Gasteiger partial charge in [0.15, 0.2) is 0 Å². The lowest BCUT2D eigenvalue weighted by Crippen LogP contribution is -2.31. The number of allylic oxidation sites excluding steroid dienone is 3. The molecule has 1 heterocycles. The summed E-state index contributed by atoms with van der Waals surface area (Å²) >= 11 is 1.59. The average Bonchev–Trinajstić information content (AvgIpc) is 2.27. The van der Waals surface area contributed by atoms with Crippen LogP contribution in [0.3, 0.4) is 0 Å². The summed E-state index contributed by atoms with van der Waals surface area (Å²) in [6.07, 6.45) is 5.86. The molecule has 3 nitrogen and oxygen atoms in total. The van der Waals surface area contributed by atoms with E-state index in [-0.39, 0.29) is 4.75 Å². The van der Waals surface area contributed by atoms with E-state index >= 15 is 0 Å². The number of nitrogens with zero attached hydrogens (tertiary/aromatic N) is 2. The number of nitriles is 1. The van der Waals surface area contributed by atoms with Gasteiger partial charge < -0.3 is 9.64 Å². The molecule has 0 saturated carbocycles. The smallest absolute Gasteiger partial charge is 0.106 e. The fourth-order valence-corrected chi connectivity index (χ4v) is 2.25. The Bertz CT molecular complexity index is 330. The SMILES string of the molecule is CC(C)(C)S/C(C#N)=C\C=C\N1CCOCC1. The van der Waals surface area contributed by atoms with Crippen LogP contribution in [0.2, 0.25) is 0 Å². The molecule has 4 heteroatoms. The van der Waals surface area contributed by atoms with E-state index < -0.39 is 0 Å². The summed E-state index contributed by atoms with van der Waals surface area (Å²) in [5, 5.41) is 9.02. The first-order valence-electron chi connectivity index (χ1n) is 5.81. The van der Waals surface area contributed by atoms with E-state index in [0.29, 0.717) is 0 Å². The maximum Gasteiger partial charge on any atom is 0.106 e. The summed E-state index contributed by atoms with van der Waals surface area (Å²) in [4.78, 5) is 2.96. The number of thioether (sulfide) groups is 1. The van der Waals surface area contributed by atoms with Crippen LogP contribution >= 0.6 is 11.8 Å². The quantitative estimate of drug-likeness (QED) is 0.571. The van der Waals surface area contributed by atoms with E-state index in [4.69, 9.17) is 10.00 Å². The zero-order valence-electron chi connectivity index (χ0n) is 10.8. The Hall–Kier alpha value is -0.920. The van der Waals surface area contributed by atoms with E-state index in [1.54, 1.807) is 11.8 Å². The van der Waals surface area contributed by atoms with Crippen molar-refractivity contribution in [2.45, 2.75) is 25.5 Å². The highest BCUT2D eigenvalue weighted by Gasteiger charge is 2.13. The van der Waals surface area contributed by atoms with Gasteiger partial charge in [-0.2, -0.15) is 5.26 Å². The van der Waals surface area contributed by atoms with Crippen molar-refractivity contribution in [2.75, 3.05) is 26.3 Å². The van der Waals surface area contributed by atoms with Gasteiger partial charge in [-0.1, -0.05) is 20.8 Å². The zero-order valence-corrected chi connectivity index (χ0v) is 11.6. The molecular weight excluding hydrogens is 232 g/mol. The minimum Gasteiger partial charge on any atom is -0.378 e. The Morgan fingerprint density at radius 2 is 2.00 bits per heavy atom. The second kappa shape index (κ2) is 6.73. The van der Waals surface area contributed by atoms with Crippen molar-refractivity contribution in [3.05, 3.63) is 23.3 Å². The lowest BCUT2D eigenvalue weighted by Gasteiger charge is -2.24. The Morgan fingerprint density at radius 3 is 2.53 bits per heavy atom. The second-order valence-corrected chi connectivity index (χ2v) is 6.72. The normalized spacial score (nSPS) is 18.5. The Balaban J connectivity index is 2.49. The van der Waals surface area contributed by atoms with Crippen molar-refractivity contribution in [2.24, 2.45) is 0 Å². The van der Waals surface area contributed by atoms with Gasteiger partial charge in [0.2, 0.25) is 0 Å². The molecule has 0 aromatic rings. The summed E-state index contributed by atoms with van der Waals surface area (Å²) in [6, 6.07) is 2.23. The first-order valence-corrected chi connectivity index (χ1v) is 6.62. The molecule has 0 atom stereocenters. The number of rotatable bonds is 3. The first-order chi connectivity index (χ1) is 8.01. The largest absolute Gasteiger partial charge is 0.378 e. The van der Waals surface area contributed by atoms with Crippen molar-refractivity contribution in [1.29, 1.82) is 5.26 Å². The standard InChI is InChI=1S/C13H20N2OS/c1-13(2,3)17-12(11-14)5-4-6-15-7-9-16-10-8-15/h4-6H,7-10H2,1-3H3/b6-4+,12-5-. The van der Waals surface area contributed by atoms with Gasteiger partial charge in [-0.15, -0.1) is 11.8 Å². The monoisotopic (exact) mass is 252 g/mol. The molecule has 0 aromatic carbocycles. The summed E-state index contributed by atoms with van der Waals surface area (Å²) in [5.41, 5.74) is 0. The van der Waals surface area contributed by atoms with Crippen molar-refractivity contribution in [3.63, 3.8) is 0 Å². The molecule has 0 bridgehead atoms. The number of hydrogen-bond acceptors (Lipinski definition) is 4. The van der Waals surface area contributed by atoms with Crippen molar-refractivity contribution < 1.29 is 4.74 Å². The third-order valence-corrected chi connectivity index (χ3v) is 3.18. The lowest BCUT2D eigenvalue weighted by molar-refractivity contribution is 0.0594. The van der Waals surface area contributed by atoms with Crippen LogP contribution in [-0.4, -0.2) is 36.0 Å². The van der Waals surface area contributed by atoms with Gasteiger partial charge >= 0.3 is 0 Å². The van der Waals surface area contributed by atoms with E-state index in [1.807, 2.05) is 18.4 Å². The molecule has 94 valence electrons. The fourth-order valence-electron chi connectivity index (χ4n) is 1.40. The molecular formula is C13H20N2OS. The Labute approximate surface area is 108 Å². The van der Waals surface area contributed by atoms with Crippen LogP contribution in [0.1, 0.15) is 20.8 Å². The van der Waals surface area contributed by atoms with Crippen LogP contribution in [0.4, 0.5) is 0 Å². The van der Waals surface area contributed by atoms with Crippen LogP contribution in [0.15, 0.2) is 23.3 Å². The van der Waals surface area contributed by atoms with Gasteiger partial charge in [-0.05, 0) is 18.4 Å². The van der Waals surface area contributed by atoms with Crippen LogP contribution in [-0.2, 0) is 4.74 Å². The van der Waals surface area contributed by atoms with E-state index in [0.717, 1.165) is 31.2 Å². The molecule has 0 spiro atoms. The summed E-state index contributed by atoms with van der Waals surface area (Å²) < 4.78 is 5.34. The van der Waals surface area contributed by atoms with Gasteiger partial charge in [0.25, 0.3) is 0 Å².